The molecule has 0 bridgehead atoms. The van der Waals surface area contributed by atoms with Crippen LogP contribution in [-0.2, 0) is 10.8 Å². The molecule has 0 saturated heterocycles. The number of unbranched alkanes of at least 4 members (excludes halogenated alkanes) is 14. The van der Waals surface area contributed by atoms with Gasteiger partial charge in [0.05, 0.1) is 5.41 Å². The third kappa shape index (κ3) is 8.61. The number of fused-ring (bicyclic) bond motifs is 4. The summed E-state index contributed by atoms with van der Waals surface area (Å²) in [7, 11) is 0. The molecule has 264 valence electrons. The van der Waals surface area contributed by atoms with Crippen LogP contribution in [0.4, 0.5) is 11.4 Å². The fraction of sp³-hybridized carbons (Fsp3) is 0.553. The van der Waals surface area contributed by atoms with E-state index in [4.69, 9.17) is 0 Å². The maximum Gasteiger partial charge on any atom is 0.210 e. The minimum atomic E-state index is -0.0731. The summed E-state index contributed by atoms with van der Waals surface area (Å²) in [6.45, 7) is 16.5. The van der Waals surface area contributed by atoms with E-state index in [1.807, 2.05) is 0 Å². The van der Waals surface area contributed by atoms with Crippen LogP contribution in [0.2, 0.25) is 0 Å². The summed E-state index contributed by atoms with van der Waals surface area (Å²) >= 11 is 0. The summed E-state index contributed by atoms with van der Waals surface area (Å²) < 4.78 is 2.67. The van der Waals surface area contributed by atoms with E-state index in [0.717, 1.165) is 13.1 Å². The van der Waals surface area contributed by atoms with E-state index in [1.54, 1.807) is 0 Å². The molecule has 2 aliphatic heterocycles. The first-order chi connectivity index (χ1) is 23.8. The van der Waals surface area contributed by atoms with Gasteiger partial charge in [-0.25, -0.2) is 0 Å². The highest BCUT2D eigenvalue weighted by molar-refractivity contribution is 6.07. The maximum atomic E-state index is 2.67. The van der Waals surface area contributed by atoms with E-state index in [9.17, 15) is 0 Å². The van der Waals surface area contributed by atoms with Crippen molar-refractivity contribution in [2.24, 2.45) is 0 Å². The van der Waals surface area contributed by atoms with Gasteiger partial charge in [0.15, 0.2) is 5.71 Å². The SMILES string of the molecule is CCCCCCCCCCN1C(=CC=CC2=[N+](CCCCCCCCCC)c3ccc4ccccc4c3C2(C)C)C(C)(C)c2ccccc21. The molecule has 0 atom stereocenters. The zero-order valence-electron chi connectivity index (χ0n) is 32.1. The predicted octanol–water partition coefficient (Wildman–Crippen LogP) is 13.7. The summed E-state index contributed by atoms with van der Waals surface area (Å²) in [6.07, 6.45) is 28.9. The minimum Gasteiger partial charge on any atom is -0.344 e. The molecule has 0 unspecified atom stereocenters. The number of para-hydroxylation sites is 1. The van der Waals surface area contributed by atoms with Crippen molar-refractivity contribution in [2.75, 3.05) is 18.0 Å². The lowest BCUT2D eigenvalue weighted by Crippen LogP contribution is -2.28. The van der Waals surface area contributed by atoms with Crippen molar-refractivity contribution in [3.63, 3.8) is 0 Å². The van der Waals surface area contributed by atoms with Crippen LogP contribution in [0, 0.1) is 0 Å². The van der Waals surface area contributed by atoms with E-state index in [-0.39, 0.29) is 10.8 Å². The van der Waals surface area contributed by atoms with Crippen molar-refractivity contribution < 1.29 is 4.58 Å². The lowest BCUT2D eigenvalue weighted by molar-refractivity contribution is -0.438. The van der Waals surface area contributed by atoms with E-state index < -0.39 is 0 Å². The Bertz CT molecular complexity index is 1600. The van der Waals surface area contributed by atoms with Gasteiger partial charge in [-0.2, -0.15) is 4.58 Å². The number of anilines is 1. The first-order valence-electron chi connectivity index (χ1n) is 20.3. The monoisotopic (exact) mass is 660 g/mol. The molecule has 2 aliphatic rings. The third-order valence-electron chi connectivity index (χ3n) is 11.5. The molecule has 0 saturated carbocycles. The third-order valence-corrected chi connectivity index (χ3v) is 11.5. The molecule has 0 fully saturated rings. The Morgan fingerprint density at radius 3 is 1.90 bits per heavy atom. The summed E-state index contributed by atoms with van der Waals surface area (Å²) in [4.78, 5) is 2.64. The molecular weight excluding hydrogens is 593 g/mol. The minimum absolute atomic E-state index is 0.0209. The van der Waals surface area contributed by atoms with Crippen molar-refractivity contribution in [1.82, 2.24) is 0 Å². The van der Waals surface area contributed by atoms with Gasteiger partial charge in [0.2, 0.25) is 5.69 Å². The number of hydrogen-bond acceptors (Lipinski definition) is 1. The Kier molecular flexibility index (Phi) is 13.4. The van der Waals surface area contributed by atoms with Gasteiger partial charge in [0, 0.05) is 47.5 Å². The Labute approximate surface area is 300 Å². The molecule has 3 aromatic rings. The second-order valence-electron chi connectivity index (χ2n) is 16.0. The fourth-order valence-corrected chi connectivity index (χ4v) is 8.70. The predicted molar refractivity (Wildman–Crippen MR) is 216 cm³/mol. The van der Waals surface area contributed by atoms with Crippen LogP contribution in [0.1, 0.15) is 155 Å². The molecule has 0 aliphatic carbocycles. The quantitative estimate of drug-likeness (QED) is 0.0864. The number of benzene rings is 3. The standard InChI is InChI=1S/C47H67N2/c1-7-9-11-13-15-17-19-25-36-48-41-31-24-23-30-40(41)46(3,4)43(48)32-27-33-44-47(5,6)45-39-29-22-21-28-38(39)34-35-42(45)49(44)37-26-20-18-16-14-12-10-8-2/h21-24,27-35H,7-20,25-26,36-37H2,1-6H3/q+1. The van der Waals surface area contributed by atoms with Crippen LogP contribution in [-0.4, -0.2) is 23.4 Å². The van der Waals surface area contributed by atoms with E-state index in [2.05, 4.69) is 130 Å². The molecule has 0 radical (unpaired) electrons. The van der Waals surface area contributed by atoms with E-state index >= 15 is 0 Å². The van der Waals surface area contributed by atoms with Crippen LogP contribution in [0.15, 0.2) is 84.6 Å². The Morgan fingerprint density at radius 1 is 0.612 bits per heavy atom. The van der Waals surface area contributed by atoms with Gasteiger partial charge >= 0.3 is 0 Å². The molecular formula is C47H67N2+. The number of rotatable bonds is 20. The van der Waals surface area contributed by atoms with Gasteiger partial charge in [-0.05, 0) is 61.2 Å². The molecule has 0 amide bonds. The first kappa shape index (κ1) is 37.1. The smallest absolute Gasteiger partial charge is 0.210 e. The maximum absolute atomic E-state index is 2.67. The van der Waals surface area contributed by atoms with Crippen molar-refractivity contribution in [1.29, 1.82) is 0 Å². The highest BCUT2D eigenvalue weighted by atomic mass is 15.2. The molecule has 49 heavy (non-hydrogen) atoms. The van der Waals surface area contributed by atoms with Crippen LogP contribution < -0.4 is 4.90 Å². The molecule has 0 N–H and O–H groups in total. The summed E-state index contributed by atoms with van der Waals surface area (Å²) in [5.41, 5.74) is 8.52. The number of hydrogen-bond donors (Lipinski definition) is 0. The Balaban J connectivity index is 1.38. The molecule has 2 nitrogen and oxygen atoms in total. The molecule has 2 heteroatoms. The fourth-order valence-electron chi connectivity index (χ4n) is 8.70. The number of allylic oxidation sites excluding steroid dienone is 4. The summed E-state index contributed by atoms with van der Waals surface area (Å²) in [5, 5.41) is 2.74. The van der Waals surface area contributed by atoms with E-state index in [1.165, 1.54) is 147 Å². The normalized spacial score (nSPS) is 17.2. The van der Waals surface area contributed by atoms with Crippen LogP contribution in [0.25, 0.3) is 10.8 Å². The first-order valence-corrected chi connectivity index (χ1v) is 20.3. The lowest BCUT2D eigenvalue weighted by Gasteiger charge is -2.27. The van der Waals surface area contributed by atoms with Gasteiger partial charge < -0.3 is 4.90 Å². The Morgan fingerprint density at radius 2 is 1.20 bits per heavy atom. The topological polar surface area (TPSA) is 6.25 Å². The van der Waals surface area contributed by atoms with E-state index in [0.29, 0.717) is 0 Å². The summed E-state index contributed by atoms with van der Waals surface area (Å²) in [6, 6.07) is 22.8. The number of nitrogens with zero attached hydrogens (tertiary/aromatic N) is 2. The highest BCUT2D eigenvalue weighted by Crippen LogP contribution is 2.48. The van der Waals surface area contributed by atoms with Gasteiger partial charge in [-0.15, -0.1) is 0 Å². The van der Waals surface area contributed by atoms with Crippen LogP contribution in [0.5, 0.6) is 0 Å². The van der Waals surface area contributed by atoms with Crippen LogP contribution in [0.3, 0.4) is 0 Å². The van der Waals surface area contributed by atoms with Crippen molar-refractivity contribution in [3.8, 4) is 0 Å². The average Bonchev–Trinajstić information content (AvgIpc) is 3.45. The van der Waals surface area contributed by atoms with Crippen molar-refractivity contribution >= 4 is 27.9 Å². The molecule has 0 aromatic heterocycles. The van der Waals surface area contributed by atoms with Gasteiger partial charge in [-0.1, -0.05) is 160 Å². The van der Waals surface area contributed by atoms with Gasteiger partial charge in [0.25, 0.3) is 0 Å². The zero-order valence-corrected chi connectivity index (χ0v) is 32.1. The lowest BCUT2D eigenvalue weighted by atomic mass is 9.79. The van der Waals surface area contributed by atoms with Crippen molar-refractivity contribution in [3.05, 3.63) is 95.7 Å². The molecule has 0 spiro atoms. The van der Waals surface area contributed by atoms with Gasteiger partial charge in [-0.3, -0.25) is 0 Å². The van der Waals surface area contributed by atoms with Crippen molar-refractivity contribution in [2.45, 2.75) is 155 Å². The Hall–Kier alpha value is -3.13. The molecule has 3 aromatic carbocycles. The second kappa shape index (κ2) is 17.7. The highest BCUT2D eigenvalue weighted by Gasteiger charge is 2.45. The van der Waals surface area contributed by atoms with Gasteiger partial charge in [0.1, 0.15) is 6.54 Å². The summed E-state index contributed by atoms with van der Waals surface area (Å²) in [5.74, 6) is 0. The second-order valence-corrected chi connectivity index (χ2v) is 16.0. The largest absolute Gasteiger partial charge is 0.344 e. The zero-order chi connectivity index (χ0) is 34.7. The molecule has 2 heterocycles. The molecule has 5 rings (SSSR count). The average molecular weight is 660 g/mol. The van der Waals surface area contributed by atoms with Crippen LogP contribution >= 0.6 is 0 Å².